The summed E-state index contributed by atoms with van der Waals surface area (Å²) in [5.41, 5.74) is 7.54. The first kappa shape index (κ1) is 13.4. The topological polar surface area (TPSA) is 35.5 Å². The van der Waals surface area contributed by atoms with E-state index in [9.17, 15) is 5.11 Å². The summed E-state index contributed by atoms with van der Waals surface area (Å²) in [5.74, 6) is 0. The maximum atomic E-state index is 9.33. The van der Waals surface area contributed by atoms with Gasteiger partial charge in [0.15, 0.2) is 0 Å². The summed E-state index contributed by atoms with van der Waals surface area (Å²) < 4.78 is 0. The first-order valence-electron chi connectivity index (χ1n) is 7.91. The van der Waals surface area contributed by atoms with Crippen molar-refractivity contribution in [1.29, 1.82) is 0 Å². The molecule has 0 saturated heterocycles. The van der Waals surface area contributed by atoms with Crippen LogP contribution in [0, 0.1) is 0 Å². The monoisotopic (exact) mass is 292 g/mol. The van der Waals surface area contributed by atoms with E-state index < -0.39 is 0 Å². The Labute approximate surface area is 131 Å². The standard InChI is InChI=1S/C19H20N2O/c1-2-13-12-21-9-7-16-15-5-3-4-6-17(15)20-19(16)18(21)11-14(13)8-10-22/h3-7,9,11-12,17,20,22H,2,8,10H2,1H3. The van der Waals surface area contributed by atoms with Crippen LogP contribution in [0.2, 0.25) is 0 Å². The van der Waals surface area contributed by atoms with E-state index in [1.807, 2.05) is 0 Å². The molecule has 4 aliphatic rings. The number of allylic oxidation sites excluding steroid dienone is 5. The molecule has 0 bridgehead atoms. The third-order valence-electron chi connectivity index (χ3n) is 4.62. The van der Waals surface area contributed by atoms with Crippen molar-refractivity contribution in [2.75, 3.05) is 6.61 Å². The van der Waals surface area contributed by atoms with Gasteiger partial charge in [0.25, 0.3) is 0 Å². The number of nitrogens with zero attached hydrogens (tertiary/aromatic N) is 1. The minimum atomic E-state index is 0.192. The summed E-state index contributed by atoms with van der Waals surface area (Å²) in [6, 6.07) is 0.276. The van der Waals surface area contributed by atoms with Crippen LogP contribution in [0.15, 0.2) is 82.5 Å². The fourth-order valence-electron chi connectivity index (χ4n) is 3.50. The molecule has 0 aromatic rings. The van der Waals surface area contributed by atoms with E-state index in [-0.39, 0.29) is 12.6 Å². The van der Waals surface area contributed by atoms with Crippen molar-refractivity contribution in [3.05, 3.63) is 82.5 Å². The molecule has 3 aliphatic heterocycles. The number of hydrogen-bond donors (Lipinski definition) is 2. The van der Waals surface area contributed by atoms with Gasteiger partial charge in [0, 0.05) is 24.6 Å². The summed E-state index contributed by atoms with van der Waals surface area (Å²) in [6.07, 6.45) is 19.0. The van der Waals surface area contributed by atoms with Crippen LogP contribution in [0.25, 0.3) is 0 Å². The molecule has 0 aromatic heterocycles. The number of aliphatic hydroxyl groups is 1. The number of aliphatic hydroxyl groups excluding tert-OH is 1. The zero-order chi connectivity index (χ0) is 15.1. The van der Waals surface area contributed by atoms with Gasteiger partial charge in [-0.1, -0.05) is 31.2 Å². The molecule has 22 heavy (non-hydrogen) atoms. The van der Waals surface area contributed by atoms with Crippen molar-refractivity contribution >= 4 is 0 Å². The number of nitrogens with one attached hydrogen (secondary N) is 1. The fraction of sp³-hybridized carbons (Fsp3) is 0.263. The van der Waals surface area contributed by atoms with Gasteiger partial charge in [-0.2, -0.15) is 0 Å². The van der Waals surface area contributed by atoms with Crippen LogP contribution in [-0.4, -0.2) is 22.7 Å². The third-order valence-corrected chi connectivity index (χ3v) is 4.62. The predicted molar refractivity (Wildman–Crippen MR) is 88.4 cm³/mol. The molecule has 3 heteroatoms. The lowest BCUT2D eigenvalue weighted by atomic mass is 9.93. The van der Waals surface area contributed by atoms with Crippen LogP contribution in [0.4, 0.5) is 0 Å². The summed E-state index contributed by atoms with van der Waals surface area (Å²) in [6.45, 7) is 2.35. The van der Waals surface area contributed by atoms with Crippen molar-refractivity contribution in [3.63, 3.8) is 0 Å². The van der Waals surface area contributed by atoms with Gasteiger partial charge in [-0.05, 0) is 41.7 Å². The highest BCUT2D eigenvalue weighted by Crippen LogP contribution is 2.38. The van der Waals surface area contributed by atoms with Gasteiger partial charge >= 0.3 is 0 Å². The molecule has 112 valence electrons. The quantitative estimate of drug-likeness (QED) is 0.839. The van der Waals surface area contributed by atoms with Gasteiger partial charge in [-0.3, -0.25) is 0 Å². The van der Waals surface area contributed by atoms with E-state index >= 15 is 0 Å². The largest absolute Gasteiger partial charge is 0.396 e. The minimum Gasteiger partial charge on any atom is -0.396 e. The molecule has 3 nitrogen and oxygen atoms in total. The zero-order valence-electron chi connectivity index (χ0n) is 12.7. The highest BCUT2D eigenvalue weighted by Gasteiger charge is 2.31. The number of rotatable bonds is 3. The molecule has 0 aromatic carbocycles. The molecule has 0 saturated carbocycles. The maximum Gasteiger partial charge on any atom is 0.0708 e. The van der Waals surface area contributed by atoms with E-state index in [0.717, 1.165) is 6.42 Å². The molecular formula is C19H20N2O. The molecule has 0 spiro atoms. The van der Waals surface area contributed by atoms with Gasteiger partial charge in [0.1, 0.15) is 0 Å². The van der Waals surface area contributed by atoms with Crippen LogP contribution >= 0.6 is 0 Å². The summed E-state index contributed by atoms with van der Waals surface area (Å²) in [7, 11) is 0. The summed E-state index contributed by atoms with van der Waals surface area (Å²) in [5, 5.41) is 13.0. The van der Waals surface area contributed by atoms with Crippen LogP contribution in [0.1, 0.15) is 19.8 Å². The highest BCUT2D eigenvalue weighted by atomic mass is 16.2. The van der Waals surface area contributed by atoms with E-state index in [2.05, 4.69) is 66.0 Å². The molecule has 1 atom stereocenters. The zero-order valence-corrected chi connectivity index (χ0v) is 12.7. The van der Waals surface area contributed by atoms with Crippen LogP contribution in [0.5, 0.6) is 0 Å². The average Bonchev–Trinajstić information content (AvgIpc) is 2.93. The van der Waals surface area contributed by atoms with Crippen molar-refractivity contribution in [2.45, 2.75) is 25.8 Å². The Bertz CT molecular complexity index is 729. The van der Waals surface area contributed by atoms with Crippen molar-refractivity contribution in [3.8, 4) is 0 Å². The van der Waals surface area contributed by atoms with Crippen molar-refractivity contribution < 1.29 is 5.11 Å². The second kappa shape index (κ2) is 5.18. The normalized spacial score (nSPS) is 24.8. The summed E-state index contributed by atoms with van der Waals surface area (Å²) in [4.78, 5) is 2.19. The second-order valence-corrected chi connectivity index (χ2v) is 5.87. The van der Waals surface area contributed by atoms with Crippen LogP contribution in [0.3, 0.4) is 0 Å². The molecule has 2 N–H and O–H groups in total. The SMILES string of the molecule is CCC1=CN2C=CC3=C4C=CC=CC4NC3=C2C=C1CCO. The van der Waals surface area contributed by atoms with Gasteiger partial charge in [0.05, 0.1) is 17.4 Å². The lowest BCUT2D eigenvalue weighted by Crippen LogP contribution is -2.27. The van der Waals surface area contributed by atoms with Crippen molar-refractivity contribution in [1.82, 2.24) is 10.2 Å². The Hall–Kier alpha value is -2.26. The van der Waals surface area contributed by atoms with E-state index in [0.29, 0.717) is 6.42 Å². The van der Waals surface area contributed by atoms with Gasteiger partial charge in [-0.25, -0.2) is 0 Å². The molecule has 1 unspecified atom stereocenters. The van der Waals surface area contributed by atoms with Gasteiger partial charge in [-0.15, -0.1) is 0 Å². The van der Waals surface area contributed by atoms with Crippen molar-refractivity contribution in [2.24, 2.45) is 0 Å². The predicted octanol–water partition coefficient (Wildman–Crippen LogP) is 3.04. The smallest absolute Gasteiger partial charge is 0.0708 e. The second-order valence-electron chi connectivity index (χ2n) is 5.87. The molecule has 0 fully saturated rings. The Morgan fingerprint density at radius 2 is 2.14 bits per heavy atom. The van der Waals surface area contributed by atoms with E-state index in [4.69, 9.17) is 0 Å². The summed E-state index contributed by atoms with van der Waals surface area (Å²) >= 11 is 0. The van der Waals surface area contributed by atoms with Crippen LogP contribution < -0.4 is 5.32 Å². The van der Waals surface area contributed by atoms with E-state index in [1.165, 1.54) is 33.7 Å². The molecule has 0 radical (unpaired) electrons. The van der Waals surface area contributed by atoms with E-state index in [1.54, 1.807) is 0 Å². The molecular weight excluding hydrogens is 272 g/mol. The number of hydrogen-bond acceptors (Lipinski definition) is 3. The lowest BCUT2D eigenvalue weighted by molar-refractivity contribution is 0.299. The molecule has 3 heterocycles. The third kappa shape index (κ3) is 1.93. The van der Waals surface area contributed by atoms with Gasteiger partial charge in [0.2, 0.25) is 0 Å². The Morgan fingerprint density at radius 3 is 2.95 bits per heavy atom. The first-order chi connectivity index (χ1) is 10.8. The molecule has 4 rings (SSSR count). The molecule has 1 aliphatic carbocycles. The maximum absolute atomic E-state index is 9.33. The number of fused-ring (bicyclic) bond motifs is 3. The van der Waals surface area contributed by atoms with Crippen LogP contribution in [-0.2, 0) is 0 Å². The minimum absolute atomic E-state index is 0.192. The lowest BCUT2D eigenvalue weighted by Gasteiger charge is -2.30. The van der Waals surface area contributed by atoms with Gasteiger partial charge < -0.3 is 15.3 Å². The Morgan fingerprint density at radius 1 is 1.23 bits per heavy atom. The Balaban J connectivity index is 1.82. The fourth-order valence-corrected chi connectivity index (χ4v) is 3.50. The Kier molecular flexibility index (Phi) is 3.16. The average molecular weight is 292 g/mol. The first-order valence-corrected chi connectivity index (χ1v) is 7.91. The highest BCUT2D eigenvalue weighted by molar-refractivity contribution is 5.63. The molecule has 0 amide bonds.